The van der Waals surface area contributed by atoms with Crippen molar-refractivity contribution >= 4 is 17.3 Å². The molecule has 1 aromatic carbocycles. The standard InChI is InChI=1S/C17H20O2S/c1-3-5-9-14-12-20-16(13-10-7-6-8-11-13)15(14)17(18)19-4-2/h6-8,10-12H,3-5,9H2,1-2H3. The molecule has 0 aliphatic carbocycles. The van der Waals surface area contributed by atoms with E-state index in [4.69, 9.17) is 4.74 Å². The summed E-state index contributed by atoms with van der Waals surface area (Å²) in [6.07, 6.45) is 3.16. The fourth-order valence-corrected chi connectivity index (χ4v) is 3.27. The molecule has 106 valence electrons. The van der Waals surface area contributed by atoms with Crippen molar-refractivity contribution in [2.45, 2.75) is 33.1 Å². The predicted octanol–water partition coefficient (Wildman–Crippen LogP) is 4.93. The molecule has 3 heteroatoms. The van der Waals surface area contributed by atoms with Crippen LogP contribution in [0, 0.1) is 0 Å². The van der Waals surface area contributed by atoms with Crippen LogP contribution in [-0.4, -0.2) is 12.6 Å². The predicted molar refractivity (Wildman–Crippen MR) is 84.3 cm³/mol. The molecule has 0 bridgehead atoms. The fourth-order valence-electron chi connectivity index (χ4n) is 2.17. The van der Waals surface area contributed by atoms with Gasteiger partial charge in [0.2, 0.25) is 0 Å². The number of ether oxygens (including phenoxy) is 1. The van der Waals surface area contributed by atoms with Crippen molar-refractivity contribution in [1.29, 1.82) is 0 Å². The second kappa shape index (κ2) is 7.25. The summed E-state index contributed by atoms with van der Waals surface area (Å²) in [5, 5.41) is 2.10. The molecule has 20 heavy (non-hydrogen) atoms. The molecule has 0 N–H and O–H groups in total. The summed E-state index contributed by atoms with van der Waals surface area (Å²) in [7, 11) is 0. The Labute approximate surface area is 124 Å². The second-order valence-corrected chi connectivity index (χ2v) is 5.53. The Bertz CT molecular complexity index is 558. The molecule has 0 aliphatic heterocycles. The first-order valence-corrected chi connectivity index (χ1v) is 7.98. The highest BCUT2D eigenvalue weighted by Gasteiger charge is 2.20. The van der Waals surface area contributed by atoms with Gasteiger partial charge in [-0.25, -0.2) is 4.79 Å². The highest BCUT2D eigenvalue weighted by Crippen LogP contribution is 2.34. The maximum atomic E-state index is 12.3. The summed E-state index contributed by atoms with van der Waals surface area (Å²) in [5.74, 6) is -0.196. The number of carbonyl (C=O) groups excluding carboxylic acids is 1. The number of aryl methyl sites for hydroxylation is 1. The fraction of sp³-hybridized carbons (Fsp3) is 0.353. The summed E-state index contributed by atoms with van der Waals surface area (Å²) in [4.78, 5) is 13.3. The Hall–Kier alpha value is -1.61. The lowest BCUT2D eigenvalue weighted by Gasteiger charge is -2.07. The van der Waals surface area contributed by atoms with E-state index >= 15 is 0 Å². The Morgan fingerprint density at radius 2 is 1.95 bits per heavy atom. The van der Waals surface area contributed by atoms with Crippen LogP contribution >= 0.6 is 11.3 Å². The van der Waals surface area contributed by atoms with Gasteiger partial charge in [0.15, 0.2) is 0 Å². The molecule has 2 nitrogen and oxygen atoms in total. The van der Waals surface area contributed by atoms with Crippen molar-refractivity contribution in [2.24, 2.45) is 0 Å². The van der Waals surface area contributed by atoms with Gasteiger partial charge < -0.3 is 4.74 Å². The van der Waals surface area contributed by atoms with E-state index in [-0.39, 0.29) is 5.97 Å². The molecule has 2 rings (SSSR count). The molecule has 1 aromatic heterocycles. The van der Waals surface area contributed by atoms with Gasteiger partial charge >= 0.3 is 5.97 Å². The zero-order chi connectivity index (χ0) is 14.4. The number of rotatable bonds is 6. The van der Waals surface area contributed by atoms with Crippen LogP contribution in [0.1, 0.15) is 42.6 Å². The van der Waals surface area contributed by atoms with Gasteiger partial charge in [0.05, 0.1) is 12.2 Å². The normalized spacial score (nSPS) is 10.5. The van der Waals surface area contributed by atoms with Crippen molar-refractivity contribution in [3.05, 3.63) is 46.8 Å². The van der Waals surface area contributed by atoms with Gasteiger partial charge in [0.25, 0.3) is 0 Å². The summed E-state index contributed by atoms with van der Waals surface area (Å²) < 4.78 is 5.24. The van der Waals surface area contributed by atoms with Crippen LogP contribution in [0.2, 0.25) is 0 Å². The van der Waals surface area contributed by atoms with Gasteiger partial charge in [-0.1, -0.05) is 43.7 Å². The summed E-state index contributed by atoms with van der Waals surface area (Å²) >= 11 is 1.63. The van der Waals surface area contributed by atoms with E-state index in [1.807, 2.05) is 37.3 Å². The number of carbonyl (C=O) groups is 1. The summed E-state index contributed by atoms with van der Waals surface area (Å²) in [5.41, 5.74) is 2.97. The van der Waals surface area contributed by atoms with Crippen molar-refractivity contribution < 1.29 is 9.53 Å². The third kappa shape index (κ3) is 3.28. The summed E-state index contributed by atoms with van der Waals surface area (Å²) in [6, 6.07) is 10.1. The number of hydrogen-bond acceptors (Lipinski definition) is 3. The lowest BCUT2D eigenvalue weighted by atomic mass is 10.0. The van der Waals surface area contributed by atoms with Crippen LogP contribution in [0.5, 0.6) is 0 Å². The van der Waals surface area contributed by atoms with Gasteiger partial charge in [0.1, 0.15) is 0 Å². The first-order valence-electron chi connectivity index (χ1n) is 7.10. The maximum absolute atomic E-state index is 12.3. The third-order valence-electron chi connectivity index (χ3n) is 3.18. The van der Waals surface area contributed by atoms with Crippen molar-refractivity contribution in [2.75, 3.05) is 6.61 Å². The monoisotopic (exact) mass is 288 g/mol. The molecule has 0 atom stereocenters. The van der Waals surface area contributed by atoms with Crippen LogP contribution in [0.15, 0.2) is 35.7 Å². The van der Waals surface area contributed by atoms with Crippen molar-refractivity contribution in [3.8, 4) is 10.4 Å². The molecular formula is C17H20O2S. The average Bonchev–Trinajstić information content (AvgIpc) is 2.90. The third-order valence-corrected chi connectivity index (χ3v) is 4.26. The molecule has 0 amide bonds. The number of benzene rings is 1. The van der Waals surface area contributed by atoms with Crippen LogP contribution in [0.3, 0.4) is 0 Å². The van der Waals surface area contributed by atoms with Gasteiger partial charge in [-0.3, -0.25) is 0 Å². The van der Waals surface area contributed by atoms with E-state index in [0.717, 1.165) is 40.8 Å². The van der Waals surface area contributed by atoms with Gasteiger partial charge in [-0.2, -0.15) is 0 Å². The van der Waals surface area contributed by atoms with E-state index in [0.29, 0.717) is 6.61 Å². The maximum Gasteiger partial charge on any atom is 0.339 e. The van der Waals surface area contributed by atoms with Crippen LogP contribution in [0.4, 0.5) is 0 Å². The van der Waals surface area contributed by atoms with Gasteiger partial charge in [-0.05, 0) is 36.3 Å². The first-order chi connectivity index (χ1) is 9.77. The van der Waals surface area contributed by atoms with E-state index < -0.39 is 0 Å². The number of hydrogen-bond donors (Lipinski definition) is 0. The average molecular weight is 288 g/mol. The van der Waals surface area contributed by atoms with E-state index in [9.17, 15) is 4.79 Å². The van der Waals surface area contributed by atoms with Crippen LogP contribution < -0.4 is 0 Å². The van der Waals surface area contributed by atoms with Crippen LogP contribution in [-0.2, 0) is 11.2 Å². The van der Waals surface area contributed by atoms with E-state index in [1.165, 1.54) is 0 Å². The van der Waals surface area contributed by atoms with Crippen molar-refractivity contribution in [1.82, 2.24) is 0 Å². The molecule has 0 aliphatic rings. The smallest absolute Gasteiger partial charge is 0.339 e. The lowest BCUT2D eigenvalue weighted by molar-refractivity contribution is 0.0526. The van der Waals surface area contributed by atoms with Gasteiger partial charge in [-0.15, -0.1) is 11.3 Å². The number of esters is 1. The van der Waals surface area contributed by atoms with Crippen LogP contribution in [0.25, 0.3) is 10.4 Å². The minimum Gasteiger partial charge on any atom is -0.462 e. The van der Waals surface area contributed by atoms with Gasteiger partial charge in [0, 0.05) is 4.88 Å². The molecular weight excluding hydrogens is 268 g/mol. The molecule has 2 aromatic rings. The summed E-state index contributed by atoms with van der Waals surface area (Å²) in [6.45, 7) is 4.42. The first kappa shape index (κ1) is 14.8. The number of thiophene rings is 1. The zero-order valence-corrected chi connectivity index (χ0v) is 12.8. The molecule has 0 saturated heterocycles. The Morgan fingerprint density at radius 3 is 2.60 bits per heavy atom. The van der Waals surface area contributed by atoms with Crippen molar-refractivity contribution in [3.63, 3.8) is 0 Å². The topological polar surface area (TPSA) is 26.3 Å². The zero-order valence-electron chi connectivity index (χ0n) is 12.0. The minimum absolute atomic E-state index is 0.196. The Morgan fingerprint density at radius 1 is 1.20 bits per heavy atom. The lowest BCUT2D eigenvalue weighted by Crippen LogP contribution is -2.07. The van der Waals surface area contributed by atoms with E-state index in [2.05, 4.69) is 12.3 Å². The van der Waals surface area contributed by atoms with E-state index in [1.54, 1.807) is 11.3 Å². The molecule has 0 radical (unpaired) electrons. The SMILES string of the molecule is CCCCc1csc(-c2ccccc2)c1C(=O)OCC. The molecule has 0 spiro atoms. The highest BCUT2D eigenvalue weighted by molar-refractivity contribution is 7.14. The number of unbranched alkanes of at least 4 members (excludes halogenated alkanes) is 1. The molecule has 0 saturated carbocycles. The Kier molecular flexibility index (Phi) is 5.36. The molecule has 1 heterocycles. The quantitative estimate of drug-likeness (QED) is 0.704. The highest BCUT2D eigenvalue weighted by atomic mass is 32.1. The minimum atomic E-state index is -0.196. The second-order valence-electron chi connectivity index (χ2n) is 4.66. The molecule has 0 fully saturated rings. The largest absolute Gasteiger partial charge is 0.462 e. The Balaban J connectivity index is 2.41. The molecule has 0 unspecified atom stereocenters.